The average Bonchev–Trinajstić information content (AvgIpc) is 1.84. The zero-order valence-electron chi connectivity index (χ0n) is 7.49. The first-order chi connectivity index (χ1) is 5.56. The van der Waals surface area contributed by atoms with Crippen molar-refractivity contribution in [1.29, 1.82) is 0 Å². The minimum atomic E-state index is -1.03. The van der Waals surface area contributed by atoms with Crippen molar-refractivity contribution < 1.29 is 19.7 Å². The van der Waals surface area contributed by atoms with Crippen molar-refractivity contribution in [3.63, 3.8) is 0 Å². The molecule has 72 valence electrons. The fourth-order valence-electron chi connectivity index (χ4n) is 0.747. The molecule has 0 saturated heterocycles. The minimum Gasteiger partial charge on any atom is -0.436 e. The van der Waals surface area contributed by atoms with Crippen LogP contribution in [0.1, 0.15) is 33.1 Å². The third-order valence-corrected chi connectivity index (χ3v) is 1.27. The van der Waals surface area contributed by atoms with E-state index in [0.29, 0.717) is 6.42 Å². The molecular formula is C8H16O4. The summed E-state index contributed by atoms with van der Waals surface area (Å²) in [5.74, 6) is -0.564. The van der Waals surface area contributed by atoms with E-state index in [1.165, 1.54) is 6.92 Å². The smallest absolute Gasteiger partial charge is 0.310 e. The Morgan fingerprint density at radius 1 is 1.50 bits per heavy atom. The van der Waals surface area contributed by atoms with Gasteiger partial charge in [-0.3, -0.25) is 4.79 Å². The predicted molar refractivity (Wildman–Crippen MR) is 43.3 cm³/mol. The molecular weight excluding hydrogens is 160 g/mol. The summed E-state index contributed by atoms with van der Waals surface area (Å²) in [5.41, 5.74) is 0. The fraction of sp³-hybridized carbons (Fsp3) is 0.875. The van der Waals surface area contributed by atoms with E-state index in [-0.39, 0.29) is 6.42 Å². The second kappa shape index (κ2) is 5.97. The summed E-state index contributed by atoms with van der Waals surface area (Å²) in [6, 6.07) is 0. The van der Waals surface area contributed by atoms with Gasteiger partial charge < -0.3 is 14.9 Å². The molecule has 2 atom stereocenters. The van der Waals surface area contributed by atoms with E-state index < -0.39 is 18.4 Å². The van der Waals surface area contributed by atoms with Crippen LogP contribution >= 0.6 is 0 Å². The lowest BCUT2D eigenvalue weighted by Gasteiger charge is -2.11. The van der Waals surface area contributed by atoms with Crippen LogP contribution in [0.15, 0.2) is 0 Å². The predicted octanol–water partition coefficient (Wildman–Crippen LogP) is 0.419. The molecule has 0 aliphatic rings. The molecule has 0 aliphatic carbocycles. The number of rotatable bonds is 5. The molecule has 0 saturated carbocycles. The second-order valence-electron chi connectivity index (χ2n) is 2.79. The van der Waals surface area contributed by atoms with Gasteiger partial charge in [0.2, 0.25) is 6.29 Å². The molecule has 0 rings (SSSR count). The molecule has 12 heavy (non-hydrogen) atoms. The maximum absolute atomic E-state index is 10.8. The zero-order valence-corrected chi connectivity index (χ0v) is 7.49. The molecule has 0 fully saturated rings. The van der Waals surface area contributed by atoms with Gasteiger partial charge in [0.05, 0.1) is 12.5 Å². The fourth-order valence-corrected chi connectivity index (χ4v) is 0.747. The van der Waals surface area contributed by atoms with Gasteiger partial charge in [0, 0.05) is 6.42 Å². The summed E-state index contributed by atoms with van der Waals surface area (Å²) < 4.78 is 4.56. The molecule has 2 N–H and O–H groups in total. The lowest BCUT2D eigenvalue weighted by molar-refractivity contribution is -0.170. The third kappa shape index (κ3) is 6.12. The van der Waals surface area contributed by atoms with Gasteiger partial charge in [-0.2, -0.15) is 0 Å². The van der Waals surface area contributed by atoms with Crippen LogP contribution in [-0.4, -0.2) is 28.6 Å². The Hall–Kier alpha value is -0.610. The number of aliphatic hydroxyl groups is 2. The Labute approximate surface area is 72.2 Å². The van der Waals surface area contributed by atoms with Crippen molar-refractivity contribution in [2.45, 2.75) is 45.5 Å². The lowest BCUT2D eigenvalue weighted by atomic mass is 10.3. The van der Waals surface area contributed by atoms with Gasteiger partial charge in [0.1, 0.15) is 0 Å². The molecule has 0 amide bonds. The van der Waals surface area contributed by atoms with E-state index in [4.69, 9.17) is 10.2 Å². The molecule has 0 aromatic carbocycles. The molecule has 0 heterocycles. The van der Waals surface area contributed by atoms with Crippen LogP contribution in [0, 0.1) is 0 Å². The number of aliphatic hydroxyl groups excluding tert-OH is 2. The topological polar surface area (TPSA) is 66.8 Å². The van der Waals surface area contributed by atoms with E-state index in [0.717, 1.165) is 6.42 Å². The Bertz CT molecular complexity index is 133. The summed E-state index contributed by atoms with van der Waals surface area (Å²) in [6.45, 7) is 3.37. The molecule has 0 aliphatic heterocycles. The molecule has 0 bridgehead atoms. The van der Waals surface area contributed by atoms with E-state index in [2.05, 4.69) is 4.74 Å². The van der Waals surface area contributed by atoms with Gasteiger partial charge in [-0.1, -0.05) is 13.3 Å². The van der Waals surface area contributed by atoms with Gasteiger partial charge >= 0.3 is 5.97 Å². The van der Waals surface area contributed by atoms with Gasteiger partial charge in [-0.25, -0.2) is 0 Å². The Morgan fingerprint density at radius 2 is 2.08 bits per heavy atom. The quantitative estimate of drug-likeness (QED) is 0.470. The molecule has 0 aromatic heterocycles. The van der Waals surface area contributed by atoms with Crippen LogP contribution in [0.2, 0.25) is 0 Å². The number of carbonyl (C=O) groups is 1. The van der Waals surface area contributed by atoms with Crippen LogP contribution in [-0.2, 0) is 9.53 Å². The molecule has 0 spiro atoms. The largest absolute Gasteiger partial charge is 0.436 e. The molecule has 0 aromatic rings. The highest BCUT2D eigenvalue weighted by Crippen LogP contribution is 2.01. The van der Waals surface area contributed by atoms with Crippen LogP contribution in [0.3, 0.4) is 0 Å². The summed E-state index contributed by atoms with van der Waals surface area (Å²) >= 11 is 0. The summed E-state index contributed by atoms with van der Waals surface area (Å²) in [6.07, 6.45) is -0.622. The zero-order chi connectivity index (χ0) is 9.56. The van der Waals surface area contributed by atoms with Crippen LogP contribution < -0.4 is 0 Å². The van der Waals surface area contributed by atoms with Crippen molar-refractivity contribution in [3.8, 4) is 0 Å². The number of ether oxygens (including phenoxy) is 1. The first-order valence-electron chi connectivity index (χ1n) is 4.11. The second-order valence-corrected chi connectivity index (χ2v) is 2.79. The minimum absolute atomic E-state index is 0.0687. The summed E-state index contributed by atoms with van der Waals surface area (Å²) in [5, 5.41) is 17.8. The SMILES string of the molecule is CCCC(O)OC(=O)C[C@@H](C)O. The maximum atomic E-state index is 10.8. The van der Waals surface area contributed by atoms with Crippen molar-refractivity contribution in [2.24, 2.45) is 0 Å². The molecule has 4 heteroatoms. The summed E-state index contributed by atoms with van der Waals surface area (Å²) in [4.78, 5) is 10.8. The first kappa shape index (κ1) is 11.4. The number of esters is 1. The molecule has 1 unspecified atom stereocenters. The van der Waals surface area contributed by atoms with Gasteiger partial charge in [0.25, 0.3) is 0 Å². The Morgan fingerprint density at radius 3 is 2.50 bits per heavy atom. The highest BCUT2D eigenvalue weighted by atomic mass is 16.6. The van der Waals surface area contributed by atoms with E-state index in [1.54, 1.807) is 0 Å². The van der Waals surface area contributed by atoms with Crippen molar-refractivity contribution in [1.82, 2.24) is 0 Å². The van der Waals surface area contributed by atoms with E-state index in [9.17, 15) is 4.79 Å². The Balaban J connectivity index is 3.54. The van der Waals surface area contributed by atoms with E-state index in [1.807, 2.05) is 6.92 Å². The van der Waals surface area contributed by atoms with Gasteiger partial charge in [-0.05, 0) is 6.92 Å². The van der Waals surface area contributed by atoms with Gasteiger partial charge in [0.15, 0.2) is 0 Å². The van der Waals surface area contributed by atoms with E-state index >= 15 is 0 Å². The summed E-state index contributed by atoms with van der Waals surface area (Å²) in [7, 11) is 0. The monoisotopic (exact) mass is 176 g/mol. The number of carbonyl (C=O) groups excluding carboxylic acids is 1. The first-order valence-corrected chi connectivity index (χ1v) is 4.11. The standard InChI is InChI=1S/C8H16O4/c1-3-4-7(10)12-8(11)5-6(2)9/h6-7,9-10H,3-5H2,1-2H3/t6-,7?/m1/s1. The van der Waals surface area contributed by atoms with Crippen molar-refractivity contribution >= 4 is 5.97 Å². The average molecular weight is 176 g/mol. The highest BCUT2D eigenvalue weighted by Gasteiger charge is 2.11. The molecule has 4 nitrogen and oxygen atoms in total. The van der Waals surface area contributed by atoms with Gasteiger partial charge in [-0.15, -0.1) is 0 Å². The van der Waals surface area contributed by atoms with Crippen molar-refractivity contribution in [2.75, 3.05) is 0 Å². The van der Waals surface area contributed by atoms with Crippen LogP contribution in [0.5, 0.6) is 0 Å². The number of hydrogen-bond acceptors (Lipinski definition) is 4. The lowest BCUT2D eigenvalue weighted by Crippen LogP contribution is -2.20. The highest BCUT2D eigenvalue weighted by molar-refractivity contribution is 5.69. The van der Waals surface area contributed by atoms with Crippen LogP contribution in [0.25, 0.3) is 0 Å². The number of hydrogen-bond donors (Lipinski definition) is 2. The van der Waals surface area contributed by atoms with Crippen molar-refractivity contribution in [3.05, 3.63) is 0 Å². The van der Waals surface area contributed by atoms with Crippen LogP contribution in [0.4, 0.5) is 0 Å². The molecule has 0 radical (unpaired) electrons. The third-order valence-electron chi connectivity index (χ3n) is 1.27. The maximum Gasteiger partial charge on any atom is 0.310 e. The Kier molecular flexibility index (Phi) is 5.66. The normalized spacial score (nSPS) is 15.3.